The van der Waals surface area contributed by atoms with Crippen molar-refractivity contribution in [2.75, 3.05) is 19.0 Å². The van der Waals surface area contributed by atoms with Crippen LogP contribution < -0.4 is 21.1 Å². The molecule has 0 aromatic heterocycles. The molecule has 0 radical (unpaired) electrons. The molecule has 196 valence electrons. The summed E-state index contributed by atoms with van der Waals surface area (Å²) in [6.07, 6.45) is 6.33. The van der Waals surface area contributed by atoms with Crippen molar-refractivity contribution in [1.82, 2.24) is 5.32 Å². The molecule has 2 rings (SSSR count). The van der Waals surface area contributed by atoms with Gasteiger partial charge in [0.2, 0.25) is 5.91 Å². The van der Waals surface area contributed by atoms with Crippen LogP contribution in [0.5, 0.6) is 5.75 Å². The van der Waals surface area contributed by atoms with E-state index in [0.717, 1.165) is 37.7 Å². The molecule has 1 atom stereocenters. The largest absolute Gasteiger partial charge is 0.488 e. The molecule has 36 heavy (non-hydrogen) atoms. The molecule has 0 aliphatic rings. The molecule has 0 bridgehead atoms. The van der Waals surface area contributed by atoms with Gasteiger partial charge in [-0.25, -0.2) is 4.79 Å². The molecule has 8 heteroatoms. The number of methoxy groups -OCH3 is 1. The number of amides is 2. The summed E-state index contributed by atoms with van der Waals surface area (Å²) in [6.45, 7) is 2.87. The molecule has 0 unspecified atom stereocenters. The highest BCUT2D eigenvalue weighted by Crippen LogP contribution is 2.25. The second kappa shape index (κ2) is 16.3. The van der Waals surface area contributed by atoms with Crippen molar-refractivity contribution >= 4 is 23.5 Å². The van der Waals surface area contributed by atoms with Gasteiger partial charge in [-0.15, -0.1) is 0 Å². The van der Waals surface area contributed by atoms with Crippen molar-refractivity contribution < 1.29 is 23.9 Å². The minimum atomic E-state index is -0.793. The predicted molar refractivity (Wildman–Crippen MR) is 141 cm³/mol. The van der Waals surface area contributed by atoms with Gasteiger partial charge in [0.1, 0.15) is 18.4 Å². The lowest BCUT2D eigenvalue weighted by Crippen LogP contribution is -2.41. The minimum Gasteiger partial charge on any atom is -0.488 e. The number of hydrogen-bond acceptors (Lipinski definition) is 6. The highest BCUT2D eigenvalue weighted by molar-refractivity contribution is 6.00. The van der Waals surface area contributed by atoms with Gasteiger partial charge in [0.25, 0.3) is 5.91 Å². The fourth-order valence-electron chi connectivity index (χ4n) is 3.70. The van der Waals surface area contributed by atoms with Crippen LogP contribution in [0.4, 0.5) is 5.69 Å². The number of benzene rings is 2. The van der Waals surface area contributed by atoms with Crippen LogP contribution in [0, 0.1) is 0 Å². The average molecular weight is 498 g/mol. The number of hydrogen-bond donors (Lipinski definition) is 3. The third-order valence-corrected chi connectivity index (χ3v) is 5.74. The van der Waals surface area contributed by atoms with Gasteiger partial charge >= 0.3 is 5.97 Å². The van der Waals surface area contributed by atoms with Crippen LogP contribution in [0.2, 0.25) is 0 Å². The number of esters is 1. The van der Waals surface area contributed by atoms with Gasteiger partial charge in [0.15, 0.2) is 0 Å². The predicted octanol–water partition coefficient (Wildman–Crippen LogP) is 4.57. The number of rotatable bonds is 16. The molecule has 2 amide bonds. The highest BCUT2D eigenvalue weighted by Gasteiger charge is 2.24. The monoisotopic (exact) mass is 497 g/mol. The van der Waals surface area contributed by atoms with Gasteiger partial charge < -0.3 is 25.8 Å². The van der Waals surface area contributed by atoms with E-state index in [1.54, 1.807) is 18.2 Å². The summed E-state index contributed by atoms with van der Waals surface area (Å²) in [7, 11) is 1.29. The highest BCUT2D eigenvalue weighted by atomic mass is 16.5. The number of nitrogens with one attached hydrogen (secondary N) is 2. The van der Waals surface area contributed by atoms with Gasteiger partial charge in [0.05, 0.1) is 12.7 Å². The molecule has 0 aliphatic carbocycles. The topological polar surface area (TPSA) is 120 Å². The number of carbonyl (C=O) groups is 3. The third-order valence-electron chi connectivity index (χ3n) is 5.74. The Morgan fingerprint density at radius 1 is 0.972 bits per heavy atom. The molecule has 8 nitrogen and oxygen atoms in total. The summed E-state index contributed by atoms with van der Waals surface area (Å²) in [5, 5.41) is 5.65. The van der Waals surface area contributed by atoms with Crippen LogP contribution >= 0.6 is 0 Å². The van der Waals surface area contributed by atoms with Crippen LogP contribution in [-0.2, 0) is 20.9 Å². The van der Waals surface area contributed by atoms with Crippen molar-refractivity contribution in [3.8, 4) is 5.75 Å². The number of unbranched alkanes of at least 4 members (excludes halogenated alkanes) is 4. The quantitative estimate of drug-likeness (QED) is 0.231. The third kappa shape index (κ3) is 10.1. The lowest BCUT2D eigenvalue weighted by molar-refractivity contribution is -0.143. The molecule has 0 saturated heterocycles. The summed E-state index contributed by atoms with van der Waals surface area (Å²) < 4.78 is 10.9. The van der Waals surface area contributed by atoms with Gasteiger partial charge in [-0.1, -0.05) is 56.5 Å². The standard InChI is InChI=1S/C28H39N3O5/c1-3-4-5-9-15-26(32)30-22-16-17-23(25(19-22)36-20-21-12-7-6-8-13-21)27(33)31-24(28(34)35-2)14-10-11-18-29/h6-8,12-13,16-17,19,24H,3-5,9-11,14-15,18,20,29H2,1-2H3,(H,30,32)(H,31,33)/t24-/m0/s1. The molecule has 2 aromatic rings. The van der Waals surface area contributed by atoms with Crippen molar-refractivity contribution in [2.45, 2.75) is 70.9 Å². The van der Waals surface area contributed by atoms with E-state index in [2.05, 4.69) is 17.6 Å². The molecule has 0 spiro atoms. The zero-order valence-electron chi connectivity index (χ0n) is 21.4. The van der Waals surface area contributed by atoms with E-state index >= 15 is 0 Å². The van der Waals surface area contributed by atoms with Crippen LogP contribution in [-0.4, -0.2) is 37.5 Å². The van der Waals surface area contributed by atoms with Crippen LogP contribution in [0.3, 0.4) is 0 Å². The van der Waals surface area contributed by atoms with Crippen molar-refractivity contribution in [1.29, 1.82) is 0 Å². The maximum atomic E-state index is 13.2. The molecule has 0 fully saturated rings. The Labute approximate surface area is 213 Å². The Morgan fingerprint density at radius 3 is 2.44 bits per heavy atom. The van der Waals surface area contributed by atoms with E-state index in [1.807, 2.05) is 30.3 Å². The van der Waals surface area contributed by atoms with E-state index < -0.39 is 17.9 Å². The summed E-state index contributed by atoms with van der Waals surface area (Å²) in [5.41, 5.74) is 7.30. The Bertz CT molecular complexity index is 965. The summed E-state index contributed by atoms with van der Waals surface area (Å²) >= 11 is 0. The Kier molecular flexibility index (Phi) is 13.1. The van der Waals surface area contributed by atoms with E-state index in [1.165, 1.54) is 7.11 Å². The molecule has 0 saturated carbocycles. The van der Waals surface area contributed by atoms with E-state index in [9.17, 15) is 14.4 Å². The van der Waals surface area contributed by atoms with E-state index in [0.29, 0.717) is 37.2 Å². The van der Waals surface area contributed by atoms with Crippen molar-refractivity contribution in [3.63, 3.8) is 0 Å². The summed E-state index contributed by atoms with van der Waals surface area (Å²) in [5.74, 6) is -0.744. The van der Waals surface area contributed by atoms with Gasteiger partial charge in [-0.3, -0.25) is 9.59 Å². The Hall–Kier alpha value is -3.39. The van der Waals surface area contributed by atoms with E-state index in [4.69, 9.17) is 15.2 Å². The van der Waals surface area contributed by atoms with E-state index in [-0.39, 0.29) is 18.1 Å². The normalized spacial score (nSPS) is 11.4. The average Bonchev–Trinajstić information content (AvgIpc) is 2.89. The molecular formula is C28H39N3O5. The SMILES string of the molecule is CCCCCCC(=O)Nc1ccc(C(=O)N[C@@H](CCCCN)C(=O)OC)c(OCc2ccccc2)c1. The van der Waals surface area contributed by atoms with Gasteiger partial charge in [0, 0.05) is 18.2 Å². The lowest BCUT2D eigenvalue weighted by Gasteiger charge is -2.18. The molecule has 0 heterocycles. The van der Waals surface area contributed by atoms with Gasteiger partial charge in [-0.2, -0.15) is 0 Å². The maximum Gasteiger partial charge on any atom is 0.328 e. The molecule has 2 aromatic carbocycles. The van der Waals surface area contributed by atoms with Gasteiger partial charge in [-0.05, 0) is 49.9 Å². The maximum absolute atomic E-state index is 13.2. The number of nitrogens with two attached hydrogens (primary N) is 1. The van der Waals surface area contributed by atoms with Crippen molar-refractivity contribution in [3.05, 3.63) is 59.7 Å². The fraction of sp³-hybridized carbons (Fsp3) is 0.464. The Balaban J connectivity index is 2.19. The fourth-order valence-corrected chi connectivity index (χ4v) is 3.70. The zero-order chi connectivity index (χ0) is 26.2. The number of carbonyl (C=O) groups excluding carboxylic acids is 3. The summed E-state index contributed by atoms with van der Waals surface area (Å²) in [4.78, 5) is 37.8. The zero-order valence-corrected chi connectivity index (χ0v) is 21.4. The molecule has 4 N–H and O–H groups in total. The van der Waals surface area contributed by atoms with Crippen LogP contribution in [0.15, 0.2) is 48.5 Å². The molecule has 0 aliphatic heterocycles. The second-order valence-corrected chi connectivity index (χ2v) is 8.68. The second-order valence-electron chi connectivity index (χ2n) is 8.68. The molecular weight excluding hydrogens is 458 g/mol. The first-order valence-corrected chi connectivity index (χ1v) is 12.7. The minimum absolute atomic E-state index is 0.0806. The van der Waals surface area contributed by atoms with Crippen molar-refractivity contribution in [2.24, 2.45) is 5.73 Å². The first-order valence-electron chi connectivity index (χ1n) is 12.7. The summed E-state index contributed by atoms with van der Waals surface area (Å²) in [6, 6.07) is 13.7. The number of anilines is 1. The van der Waals surface area contributed by atoms with Crippen LogP contribution in [0.25, 0.3) is 0 Å². The first kappa shape index (κ1) is 28.8. The first-order chi connectivity index (χ1) is 17.5. The number of ether oxygens (including phenoxy) is 2. The Morgan fingerprint density at radius 2 is 1.75 bits per heavy atom. The lowest BCUT2D eigenvalue weighted by atomic mass is 10.1. The van der Waals surface area contributed by atoms with Crippen LogP contribution in [0.1, 0.15) is 74.2 Å². The smallest absolute Gasteiger partial charge is 0.328 e.